The van der Waals surface area contributed by atoms with Crippen LogP contribution in [-0.4, -0.2) is 0 Å². The maximum absolute atomic E-state index is 13.6. The molecule has 1 unspecified atom stereocenters. The van der Waals surface area contributed by atoms with Crippen molar-refractivity contribution in [2.45, 2.75) is 12.5 Å². The van der Waals surface area contributed by atoms with E-state index in [1.165, 1.54) is 0 Å². The molecule has 0 fully saturated rings. The molecule has 0 radical (unpaired) electrons. The largest absolute Gasteiger partial charge is 0.324 e. The molecule has 0 amide bonds. The van der Waals surface area contributed by atoms with Crippen LogP contribution < -0.4 is 5.73 Å². The fraction of sp³-hybridized carbons (Fsp3) is 0.143. The van der Waals surface area contributed by atoms with Gasteiger partial charge in [0.1, 0.15) is 5.82 Å². The van der Waals surface area contributed by atoms with E-state index in [0.29, 0.717) is 11.1 Å². The molecule has 0 bridgehead atoms. The normalized spacial score (nSPS) is 12.5. The first-order chi connectivity index (χ1) is 8.99. The van der Waals surface area contributed by atoms with Crippen LogP contribution in [0, 0.1) is 17.5 Å². The van der Waals surface area contributed by atoms with E-state index in [9.17, 15) is 13.2 Å². The first kappa shape index (κ1) is 13.9. The summed E-state index contributed by atoms with van der Waals surface area (Å²) in [5.74, 6) is -3.21. The summed E-state index contributed by atoms with van der Waals surface area (Å²) < 4.78 is 39.5. The summed E-state index contributed by atoms with van der Waals surface area (Å²) in [6.07, 6.45) is 0.238. The van der Waals surface area contributed by atoms with Crippen LogP contribution in [0.15, 0.2) is 36.4 Å². The van der Waals surface area contributed by atoms with Crippen LogP contribution in [-0.2, 0) is 6.42 Å². The number of rotatable bonds is 3. The number of hydrogen-bond acceptors (Lipinski definition) is 1. The van der Waals surface area contributed by atoms with Crippen molar-refractivity contribution in [2.24, 2.45) is 5.73 Å². The molecule has 2 N–H and O–H groups in total. The Morgan fingerprint density at radius 2 is 1.63 bits per heavy atom. The maximum Gasteiger partial charge on any atom is 0.161 e. The molecule has 0 heterocycles. The average Bonchev–Trinajstić information content (AvgIpc) is 2.36. The van der Waals surface area contributed by atoms with E-state index in [1.54, 1.807) is 24.3 Å². The van der Waals surface area contributed by atoms with Crippen LogP contribution in [0.5, 0.6) is 0 Å². The van der Waals surface area contributed by atoms with Crippen molar-refractivity contribution in [3.63, 3.8) is 0 Å². The second-order valence-corrected chi connectivity index (χ2v) is 4.60. The molecule has 0 aliphatic carbocycles. The van der Waals surface area contributed by atoms with E-state index < -0.39 is 23.5 Å². The van der Waals surface area contributed by atoms with Crippen LogP contribution in [0.2, 0.25) is 5.02 Å². The molecular weight excluding hydrogens is 275 g/mol. The molecule has 2 aromatic carbocycles. The minimum absolute atomic E-state index is 0.0705. The van der Waals surface area contributed by atoms with Gasteiger partial charge < -0.3 is 5.73 Å². The Kier molecular flexibility index (Phi) is 4.12. The topological polar surface area (TPSA) is 26.0 Å². The van der Waals surface area contributed by atoms with Gasteiger partial charge in [-0.15, -0.1) is 0 Å². The smallest absolute Gasteiger partial charge is 0.161 e. The third kappa shape index (κ3) is 3.08. The summed E-state index contributed by atoms with van der Waals surface area (Å²) in [6, 6.07) is 7.45. The lowest BCUT2D eigenvalue weighted by Crippen LogP contribution is -2.16. The minimum atomic E-state index is -1.23. The zero-order chi connectivity index (χ0) is 14.0. The van der Waals surface area contributed by atoms with E-state index >= 15 is 0 Å². The monoisotopic (exact) mass is 285 g/mol. The number of halogens is 4. The quantitative estimate of drug-likeness (QED) is 0.848. The average molecular weight is 286 g/mol. The fourth-order valence-electron chi connectivity index (χ4n) is 1.83. The van der Waals surface area contributed by atoms with Crippen LogP contribution in [0.1, 0.15) is 17.2 Å². The minimum Gasteiger partial charge on any atom is -0.324 e. The van der Waals surface area contributed by atoms with E-state index in [4.69, 9.17) is 17.3 Å². The van der Waals surface area contributed by atoms with Gasteiger partial charge in [0.05, 0.1) is 0 Å². The Bertz CT molecular complexity index is 601. The maximum atomic E-state index is 13.6. The summed E-state index contributed by atoms with van der Waals surface area (Å²) in [7, 11) is 0. The van der Waals surface area contributed by atoms with Crippen molar-refractivity contribution in [3.05, 3.63) is 70.0 Å². The number of nitrogens with two attached hydrogens (primary N) is 1. The Hall–Kier alpha value is -1.52. The van der Waals surface area contributed by atoms with Gasteiger partial charge in [0, 0.05) is 22.7 Å². The van der Waals surface area contributed by atoms with Crippen molar-refractivity contribution in [2.75, 3.05) is 0 Å². The molecular formula is C14H11ClF3N. The lowest BCUT2D eigenvalue weighted by molar-refractivity contribution is 0.484. The molecule has 0 aromatic heterocycles. The molecule has 0 saturated heterocycles. The summed E-state index contributed by atoms with van der Waals surface area (Å²) in [5, 5.41) is 0.501. The molecule has 5 heteroatoms. The lowest BCUT2D eigenvalue weighted by atomic mass is 9.99. The second-order valence-electron chi connectivity index (χ2n) is 4.19. The number of hydrogen-bond donors (Lipinski definition) is 1. The van der Waals surface area contributed by atoms with Crippen molar-refractivity contribution in [1.82, 2.24) is 0 Å². The zero-order valence-electron chi connectivity index (χ0n) is 9.84. The standard InChI is InChI=1S/C14H11ClF3N/c15-10-4-2-1-3-8(10)5-14(19)9-6-12(17)13(18)7-11(9)16/h1-4,6-7,14H,5,19H2. The third-order valence-corrected chi connectivity index (χ3v) is 3.21. The Balaban J connectivity index is 2.28. The molecule has 0 saturated carbocycles. The molecule has 2 rings (SSSR count). The molecule has 2 aromatic rings. The molecule has 1 nitrogen and oxygen atoms in total. The van der Waals surface area contributed by atoms with E-state index in [0.717, 1.165) is 11.6 Å². The van der Waals surface area contributed by atoms with Gasteiger partial charge in [-0.2, -0.15) is 0 Å². The first-order valence-corrected chi connectivity index (χ1v) is 6.00. The first-order valence-electron chi connectivity index (χ1n) is 5.62. The molecule has 0 aliphatic heterocycles. The summed E-state index contributed by atoms with van der Waals surface area (Å²) in [6.45, 7) is 0. The highest BCUT2D eigenvalue weighted by atomic mass is 35.5. The van der Waals surface area contributed by atoms with Crippen LogP contribution in [0.25, 0.3) is 0 Å². The molecule has 1 atom stereocenters. The van der Waals surface area contributed by atoms with Gasteiger partial charge in [0.2, 0.25) is 0 Å². The van der Waals surface area contributed by atoms with Crippen molar-refractivity contribution >= 4 is 11.6 Å². The van der Waals surface area contributed by atoms with E-state index in [2.05, 4.69) is 0 Å². The molecule has 0 spiro atoms. The Labute approximate surface area is 113 Å². The predicted octanol–water partition coefficient (Wildman–Crippen LogP) is 4.00. The SMILES string of the molecule is NC(Cc1ccccc1Cl)c1cc(F)c(F)cc1F. The van der Waals surface area contributed by atoms with Gasteiger partial charge in [-0.05, 0) is 24.1 Å². The second kappa shape index (κ2) is 5.63. The molecule has 19 heavy (non-hydrogen) atoms. The lowest BCUT2D eigenvalue weighted by Gasteiger charge is -2.14. The van der Waals surface area contributed by atoms with Crippen molar-refractivity contribution < 1.29 is 13.2 Å². The summed E-state index contributed by atoms with van der Waals surface area (Å²) in [4.78, 5) is 0. The highest BCUT2D eigenvalue weighted by Crippen LogP contribution is 2.25. The van der Waals surface area contributed by atoms with Crippen LogP contribution in [0.4, 0.5) is 13.2 Å². The zero-order valence-corrected chi connectivity index (χ0v) is 10.6. The van der Waals surface area contributed by atoms with E-state index in [1.807, 2.05) is 0 Å². The van der Waals surface area contributed by atoms with Crippen molar-refractivity contribution in [3.8, 4) is 0 Å². The van der Waals surface area contributed by atoms with Gasteiger partial charge >= 0.3 is 0 Å². The van der Waals surface area contributed by atoms with Gasteiger partial charge in [0.15, 0.2) is 11.6 Å². The van der Waals surface area contributed by atoms with Gasteiger partial charge in [-0.25, -0.2) is 13.2 Å². The van der Waals surface area contributed by atoms with Crippen LogP contribution >= 0.6 is 11.6 Å². The predicted molar refractivity (Wildman–Crippen MR) is 68.4 cm³/mol. The van der Waals surface area contributed by atoms with Crippen molar-refractivity contribution in [1.29, 1.82) is 0 Å². The third-order valence-electron chi connectivity index (χ3n) is 2.84. The Morgan fingerprint density at radius 1 is 1.00 bits per heavy atom. The number of benzene rings is 2. The molecule has 100 valence electrons. The van der Waals surface area contributed by atoms with Gasteiger partial charge in [0.25, 0.3) is 0 Å². The summed E-state index contributed by atoms with van der Waals surface area (Å²) in [5.41, 5.74) is 6.48. The fourth-order valence-corrected chi connectivity index (χ4v) is 2.05. The molecule has 0 aliphatic rings. The van der Waals surface area contributed by atoms with Gasteiger partial charge in [-0.3, -0.25) is 0 Å². The highest BCUT2D eigenvalue weighted by Gasteiger charge is 2.17. The van der Waals surface area contributed by atoms with Gasteiger partial charge in [-0.1, -0.05) is 29.8 Å². The summed E-state index contributed by atoms with van der Waals surface area (Å²) >= 11 is 5.97. The van der Waals surface area contributed by atoms with E-state index in [-0.39, 0.29) is 12.0 Å². The highest BCUT2D eigenvalue weighted by molar-refractivity contribution is 6.31. The Morgan fingerprint density at radius 3 is 2.32 bits per heavy atom. The van der Waals surface area contributed by atoms with Crippen LogP contribution in [0.3, 0.4) is 0 Å².